The van der Waals surface area contributed by atoms with Gasteiger partial charge in [0.05, 0.1) is 11.1 Å². The summed E-state index contributed by atoms with van der Waals surface area (Å²) in [5.41, 5.74) is 0.230. The highest BCUT2D eigenvalue weighted by molar-refractivity contribution is 9.10. The van der Waals surface area contributed by atoms with Crippen molar-refractivity contribution in [2.45, 2.75) is 24.9 Å². The van der Waals surface area contributed by atoms with Crippen LogP contribution in [0.1, 0.15) is 12.8 Å². The number of aromatic nitrogens is 2. The number of piperazine rings is 1. The quantitative estimate of drug-likeness (QED) is 0.821. The zero-order valence-corrected chi connectivity index (χ0v) is 14.6. The molecule has 0 aliphatic carbocycles. The number of anilines is 1. The van der Waals surface area contributed by atoms with Crippen molar-refractivity contribution < 1.29 is 14.2 Å². The first-order chi connectivity index (χ1) is 11.7. The first-order valence-corrected chi connectivity index (χ1v) is 8.85. The maximum atomic E-state index is 14.5. The van der Waals surface area contributed by atoms with E-state index in [0.29, 0.717) is 27.8 Å². The Bertz CT molecular complexity index is 763. The average molecular weight is 397 g/mol. The molecule has 2 aliphatic rings. The van der Waals surface area contributed by atoms with Crippen molar-refractivity contribution in [1.29, 1.82) is 0 Å². The molecule has 6 nitrogen and oxygen atoms in total. The van der Waals surface area contributed by atoms with Crippen LogP contribution in [-0.2, 0) is 0 Å². The molecule has 2 atom stereocenters. The second kappa shape index (κ2) is 6.42. The van der Waals surface area contributed by atoms with E-state index in [1.165, 1.54) is 0 Å². The molecule has 8 heteroatoms. The Morgan fingerprint density at radius 1 is 1.29 bits per heavy atom. The lowest BCUT2D eigenvalue weighted by molar-refractivity contribution is 0.192. The lowest BCUT2D eigenvalue weighted by Gasteiger charge is -2.34. The van der Waals surface area contributed by atoms with E-state index in [2.05, 4.69) is 36.1 Å². The van der Waals surface area contributed by atoms with Crippen LogP contribution in [0.25, 0.3) is 10.9 Å². The fraction of sp³-hybridized carbons (Fsp3) is 0.500. The molecule has 24 heavy (non-hydrogen) atoms. The Morgan fingerprint density at radius 3 is 2.75 bits per heavy atom. The van der Waals surface area contributed by atoms with Gasteiger partial charge in [0.25, 0.3) is 0 Å². The van der Waals surface area contributed by atoms with Crippen LogP contribution < -0.4 is 15.0 Å². The molecule has 2 aliphatic heterocycles. The Balaban J connectivity index is 1.81. The number of halogens is 2. The number of nitrogens with zero attached hydrogens (tertiary/aromatic N) is 3. The van der Waals surface area contributed by atoms with Gasteiger partial charge in [-0.2, -0.15) is 9.97 Å². The van der Waals surface area contributed by atoms with Crippen LogP contribution >= 0.6 is 15.9 Å². The molecule has 2 bridgehead atoms. The van der Waals surface area contributed by atoms with Gasteiger partial charge in [0.15, 0.2) is 5.82 Å². The average Bonchev–Trinajstić information content (AvgIpc) is 2.94. The first kappa shape index (κ1) is 16.0. The van der Waals surface area contributed by atoms with Gasteiger partial charge in [0.2, 0.25) is 0 Å². The number of aliphatic hydroxyl groups excluding tert-OH is 1. The van der Waals surface area contributed by atoms with E-state index < -0.39 is 5.82 Å². The van der Waals surface area contributed by atoms with Crippen molar-refractivity contribution in [3.63, 3.8) is 0 Å². The molecule has 2 unspecified atom stereocenters. The normalized spacial score (nSPS) is 23.0. The molecule has 0 spiro atoms. The number of hydrogen-bond donors (Lipinski definition) is 2. The van der Waals surface area contributed by atoms with Gasteiger partial charge in [0.1, 0.15) is 17.9 Å². The fourth-order valence-electron chi connectivity index (χ4n) is 3.51. The molecule has 2 fully saturated rings. The van der Waals surface area contributed by atoms with Gasteiger partial charge >= 0.3 is 6.01 Å². The topological polar surface area (TPSA) is 70.5 Å². The predicted molar refractivity (Wildman–Crippen MR) is 91.9 cm³/mol. The van der Waals surface area contributed by atoms with Crippen LogP contribution in [0, 0.1) is 5.82 Å². The molecule has 128 valence electrons. The monoisotopic (exact) mass is 396 g/mol. The molecule has 3 heterocycles. The summed E-state index contributed by atoms with van der Waals surface area (Å²) in [5, 5.41) is 13.2. The molecule has 0 amide bonds. The van der Waals surface area contributed by atoms with Crippen molar-refractivity contribution in [1.82, 2.24) is 15.3 Å². The van der Waals surface area contributed by atoms with E-state index in [0.717, 1.165) is 25.9 Å². The smallest absolute Gasteiger partial charge is 0.319 e. The van der Waals surface area contributed by atoms with Crippen molar-refractivity contribution >= 4 is 32.7 Å². The number of nitrogens with one attached hydrogen (secondary N) is 1. The largest absolute Gasteiger partial charge is 0.461 e. The minimum Gasteiger partial charge on any atom is -0.461 e. The standard InChI is InChI=1S/C16H18BrFN4O2/c17-12-4-3-11-14(13(12)18)20-16(24-6-5-23)21-15(11)22-7-9-1-2-10(8-22)19-9/h3-4,9-10,19,23H,1-2,5-8H2. The minimum absolute atomic E-state index is 0.0768. The lowest BCUT2D eigenvalue weighted by Crippen LogP contribution is -2.51. The molecule has 0 saturated carbocycles. The summed E-state index contributed by atoms with van der Waals surface area (Å²) in [5.74, 6) is 0.265. The summed E-state index contributed by atoms with van der Waals surface area (Å²) in [7, 11) is 0. The van der Waals surface area contributed by atoms with Crippen molar-refractivity contribution in [3.05, 3.63) is 22.4 Å². The van der Waals surface area contributed by atoms with Gasteiger partial charge in [-0.25, -0.2) is 4.39 Å². The van der Waals surface area contributed by atoms with Crippen LogP contribution in [0.2, 0.25) is 0 Å². The third-order valence-electron chi connectivity index (χ3n) is 4.56. The Hall–Kier alpha value is -1.51. The molecule has 2 saturated heterocycles. The first-order valence-electron chi connectivity index (χ1n) is 8.06. The minimum atomic E-state index is -0.428. The number of rotatable bonds is 4. The Morgan fingerprint density at radius 2 is 2.04 bits per heavy atom. The van der Waals surface area contributed by atoms with E-state index in [1.54, 1.807) is 6.07 Å². The fourth-order valence-corrected chi connectivity index (χ4v) is 3.83. The third-order valence-corrected chi connectivity index (χ3v) is 5.17. The van der Waals surface area contributed by atoms with Gasteiger partial charge in [0, 0.05) is 30.6 Å². The van der Waals surface area contributed by atoms with E-state index >= 15 is 0 Å². The molecule has 1 aromatic carbocycles. The number of fused-ring (bicyclic) bond motifs is 3. The van der Waals surface area contributed by atoms with Crippen LogP contribution in [0.5, 0.6) is 6.01 Å². The summed E-state index contributed by atoms with van der Waals surface area (Å²) in [6.45, 7) is 1.60. The zero-order chi connectivity index (χ0) is 16.7. The number of benzene rings is 1. The number of aliphatic hydroxyl groups is 1. The second-order valence-corrected chi connectivity index (χ2v) is 7.06. The molecule has 0 radical (unpaired) electrons. The molecule has 2 N–H and O–H groups in total. The Kier molecular flexibility index (Phi) is 4.28. The summed E-state index contributed by atoms with van der Waals surface area (Å²) < 4.78 is 20.3. The lowest BCUT2D eigenvalue weighted by atomic mass is 10.2. The highest BCUT2D eigenvalue weighted by Gasteiger charge is 2.33. The summed E-state index contributed by atoms with van der Waals surface area (Å²) >= 11 is 3.20. The molecular formula is C16H18BrFN4O2. The molecule has 1 aromatic heterocycles. The second-order valence-electron chi connectivity index (χ2n) is 6.20. The van der Waals surface area contributed by atoms with Gasteiger partial charge in [-0.3, -0.25) is 0 Å². The van der Waals surface area contributed by atoms with Gasteiger partial charge in [-0.1, -0.05) is 0 Å². The van der Waals surface area contributed by atoms with E-state index in [1.807, 2.05) is 6.07 Å². The zero-order valence-electron chi connectivity index (χ0n) is 13.0. The molecule has 2 aromatic rings. The van der Waals surface area contributed by atoms with Crippen molar-refractivity contribution in [2.24, 2.45) is 0 Å². The maximum Gasteiger partial charge on any atom is 0.319 e. The SMILES string of the molecule is OCCOc1nc(N2CC3CCC(C2)N3)c2ccc(Br)c(F)c2n1. The van der Waals surface area contributed by atoms with Crippen LogP contribution in [0.15, 0.2) is 16.6 Å². The predicted octanol–water partition coefficient (Wildman–Crippen LogP) is 1.84. The van der Waals surface area contributed by atoms with E-state index in [9.17, 15) is 4.39 Å². The van der Waals surface area contributed by atoms with Gasteiger partial charge < -0.3 is 20.1 Å². The van der Waals surface area contributed by atoms with Gasteiger partial charge in [-0.05, 0) is 40.9 Å². The molecule has 4 rings (SSSR count). The van der Waals surface area contributed by atoms with Crippen LogP contribution in [0.3, 0.4) is 0 Å². The maximum absolute atomic E-state index is 14.5. The van der Waals surface area contributed by atoms with Crippen LogP contribution in [-0.4, -0.2) is 53.5 Å². The van der Waals surface area contributed by atoms with Crippen LogP contribution in [0.4, 0.5) is 10.2 Å². The summed E-state index contributed by atoms with van der Waals surface area (Å²) in [6, 6.07) is 4.48. The third kappa shape index (κ3) is 2.82. The number of ether oxygens (including phenoxy) is 1. The highest BCUT2D eigenvalue weighted by Crippen LogP contribution is 2.33. The Labute approximate surface area is 147 Å². The van der Waals surface area contributed by atoms with E-state index in [-0.39, 0.29) is 24.7 Å². The van der Waals surface area contributed by atoms with Gasteiger partial charge in [-0.15, -0.1) is 0 Å². The summed E-state index contributed by atoms with van der Waals surface area (Å²) in [4.78, 5) is 10.9. The van der Waals surface area contributed by atoms with Crippen molar-refractivity contribution in [2.75, 3.05) is 31.2 Å². The van der Waals surface area contributed by atoms with Crippen molar-refractivity contribution in [3.8, 4) is 6.01 Å². The highest BCUT2D eigenvalue weighted by atomic mass is 79.9. The van der Waals surface area contributed by atoms with E-state index in [4.69, 9.17) is 9.84 Å². The molecular weight excluding hydrogens is 379 g/mol. The number of hydrogen-bond acceptors (Lipinski definition) is 6. The summed E-state index contributed by atoms with van der Waals surface area (Å²) in [6.07, 6.45) is 2.30.